The molecular formula is C15H14O2S3. The molecule has 0 aliphatic heterocycles. The number of hydrogen-bond donors (Lipinski definition) is 0. The van der Waals surface area contributed by atoms with Crippen LogP contribution in [0.25, 0.3) is 9.75 Å². The molecule has 0 bridgehead atoms. The molecule has 2 aromatic heterocycles. The molecule has 0 unspecified atom stereocenters. The average Bonchev–Trinajstić information content (AvgIpc) is 3.07. The maximum atomic E-state index is 11.5. The van der Waals surface area contributed by atoms with Crippen molar-refractivity contribution in [1.29, 1.82) is 0 Å². The van der Waals surface area contributed by atoms with E-state index in [4.69, 9.17) is 17.0 Å². The Labute approximate surface area is 131 Å². The Hall–Kier alpha value is -1.30. The number of hydrogen-bond acceptors (Lipinski definition) is 5. The maximum absolute atomic E-state index is 11.5. The lowest BCUT2D eigenvalue weighted by molar-refractivity contribution is -0.139. The van der Waals surface area contributed by atoms with Gasteiger partial charge >= 0.3 is 5.97 Å². The first-order chi connectivity index (χ1) is 9.65. The third-order valence-corrected chi connectivity index (χ3v) is 5.42. The van der Waals surface area contributed by atoms with Gasteiger partial charge in [-0.3, -0.25) is 4.79 Å². The summed E-state index contributed by atoms with van der Waals surface area (Å²) in [6.45, 7) is 1.93. The van der Waals surface area contributed by atoms with E-state index >= 15 is 0 Å². The fourth-order valence-corrected chi connectivity index (χ4v) is 4.08. The highest BCUT2D eigenvalue weighted by Crippen LogP contribution is 2.35. The lowest BCUT2D eigenvalue weighted by atomic mass is 10.1. The third kappa shape index (κ3) is 3.42. The molecule has 0 atom stereocenters. The number of rotatable bonds is 5. The van der Waals surface area contributed by atoms with Crippen LogP contribution >= 0.6 is 34.9 Å². The minimum absolute atomic E-state index is 0.245. The van der Waals surface area contributed by atoms with Gasteiger partial charge in [-0.1, -0.05) is 24.4 Å². The summed E-state index contributed by atoms with van der Waals surface area (Å²) in [6, 6.07) is 6.13. The van der Waals surface area contributed by atoms with Crippen molar-refractivity contribution < 1.29 is 9.53 Å². The van der Waals surface area contributed by atoms with E-state index in [0.29, 0.717) is 0 Å². The van der Waals surface area contributed by atoms with Crippen LogP contribution in [-0.2, 0) is 16.0 Å². The van der Waals surface area contributed by atoms with Gasteiger partial charge in [-0.15, -0.1) is 22.7 Å². The van der Waals surface area contributed by atoms with Gasteiger partial charge in [0.2, 0.25) is 0 Å². The monoisotopic (exact) mass is 322 g/mol. The second-order valence-electron chi connectivity index (χ2n) is 4.06. The molecule has 0 aliphatic rings. The summed E-state index contributed by atoms with van der Waals surface area (Å²) in [4.78, 5) is 15.6. The third-order valence-electron chi connectivity index (χ3n) is 2.68. The summed E-state index contributed by atoms with van der Waals surface area (Å²) in [5, 5.41) is 2.04. The molecule has 0 aliphatic carbocycles. The lowest BCUT2D eigenvalue weighted by Crippen LogP contribution is -2.06. The van der Waals surface area contributed by atoms with E-state index in [-0.39, 0.29) is 12.4 Å². The van der Waals surface area contributed by atoms with E-state index in [1.54, 1.807) is 22.7 Å². The summed E-state index contributed by atoms with van der Waals surface area (Å²) < 4.78 is 4.76. The largest absolute Gasteiger partial charge is 0.469 e. The van der Waals surface area contributed by atoms with Crippen molar-refractivity contribution in [2.75, 3.05) is 7.11 Å². The smallest absolute Gasteiger partial charge is 0.310 e. The van der Waals surface area contributed by atoms with Crippen molar-refractivity contribution in [2.24, 2.45) is 0 Å². The molecule has 2 nitrogen and oxygen atoms in total. The number of esters is 1. The van der Waals surface area contributed by atoms with E-state index in [0.717, 1.165) is 20.2 Å². The van der Waals surface area contributed by atoms with Crippen molar-refractivity contribution in [3.8, 4) is 9.75 Å². The van der Waals surface area contributed by atoms with E-state index in [9.17, 15) is 4.79 Å². The van der Waals surface area contributed by atoms with Gasteiger partial charge in [-0.25, -0.2) is 0 Å². The predicted molar refractivity (Wildman–Crippen MR) is 89.9 cm³/mol. The fourth-order valence-electron chi connectivity index (χ4n) is 1.76. The zero-order valence-corrected chi connectivity index (χ0v) is 13.7. The number of ether oxygens (including phenoxy) is 1. The fraction of sp³-hybridized carbons (Fsp3) is 0.200. The second-order valence-corrected chi connectivity index (χ2v) is 6.50. The van der Waals surface area contributed by atoms with Gasteiger partial charge in [0, 0.05) is 14.6 Å². The molecule has 2 rings (SSSR count). The van der Waals surface area contributed by atoms with Gasteiger partial charge in [0.15, 0.2) is 0 Å². The molecule has 2 aromatic rings. The molecule has 0 spiro atoms. The topological polar surface area (TPSA) is 26.3 Å². The first-order valence-electron chi connectivity index (χ1n) is 6.06. The van der Waals surface area contributed by atoms with Crippen LogP contribution in [0, 0.1) is 0 Å². The number of methoxy groups -OCH3 is 1. The van der Waals surface area contributed by atoms with Gasteiger partial charge < -0.3 is 4.74 Å². The van der Waals surface area contributed by atoms with Crippen LogP contribution in [0.5, 0.6) is 0 Å². The Kier molecular flexibility index (Phi) is 5.23. The van der Waals surface area contributed by atoms with Crippen molar-refractivity contribution in [2.45, 2.75) is 13.3 Å². The van der Waals surface area contributed by atoms with E-state index < -0.39 is 0 Å². The summed E-state index contributed by atoms with van der Waals surface area (Å²) in [5.41, 5.74) is 0.938. The minimum atomic E-state index is -0.245. The number of thiocarbonyl (C=S) groups is 1. The van der Waals surface area contributed by atoms with E-state index in [1.165, 1.54) is 12.0 Å². The van der Waals surface area contributed by atoms with Gasteiger partial charge in [-0.05, 0) is 36.1 Å². The molecule has 0 saturated carbocycles. The summed E-state index contributed by atoms with van der Waals surface area (Å²) >= 11 is 8.72. The van der Waals surface area contributed by atoms with Gasteiger partial charge in [0.25, 0.3) is 0 Å². The number of thiophene rings is 2. The molecule has 0 fully saturated rings. The highest BCUT2D eigenvalue weighted by molar-refractivity contribution is 7.81. The Balaban J connectivity index is 2.41. The highest BCUT2D eigenvalue weighted by Gasteiger charge is 2.16. The van der Waals surface area contributed by atoms with E-state index in [1.807, 2.05) is 36.6 Å². The summed E-state index contributed by atoms with van der Waals surface area (Å²) in [6.07, 6.45) is 4.06. The number of allylic oxidation sites excluding steroid dienone is 2. The molecule has 0 aromatic carbocycles. The van der Waals surface area contributed by atoms with Crippen LogP contribution < -0.4 is 0 Å². The standard InChI is InChI=1S/C15H14O2S3/c1-3-5-11(18)15-10(9-14(16)17-2)8-13(20-15)12-6-4-7-19-12/h3-8H,9H2,1-2H3/b5-3-. The molecule has 0 saturated heterocycles. The van der Waals surface area contributed by atoms with Crippen molar-refractivity contribution in [1.82, 2.24) is 0 Å². The number of carbonyl (C=O) groups excluding carboxylic acids is 1. The highest BCUT2D eigenvalue weighted by atomic mass is 32.1. The van der Waals surface area contributed by atoms with E-state index in [2.05, 4.69) is 6.07 Å². The Morgan fingerprint density at radius 2 is 2.25 bits per heavy atom. The average molecular weight is 322 g/mol. The molecule has 20 heavy (non-hydrogen) atoms. The Morgan fingerprint density at radius 3 is 2.85 bits per heavy atom. The quantitative estimate of drug-likeness (QED) is 0.351. The van der Waals surface area contributed by atoms with Crippen LogP contribution in [-0.4, -0.2) is 17.9 Å². The SMILES string of the molecule is C/C=C\C(=S)c1sc(-c2cccs2)cc1CC(=O)OC. The first-order valence-corrected chi connectivity index (χ1v) is 8.16. The van der Waals surface area contributed by atoms with Crippen LogP contribution in [0.3, 0.4) is 0 Å². The Bertz CT molecular complexity index is 636. The molecule has 0 amide bonds. The zero-order chi connectivity index (χ0) is 14.5. The van der Waals surface area contributed by atoms with Crippen LogP contribution in [0.15, 0.2) is 35.7 Å². The number of carbonyl (C=O) groups is 1. The van der Waals surface area contributed by atoms with Crippen LogP contribution in [0.1, 0.15) is 17.4 Å². The maximum Gasteiger partial charge on any atom is 0.310 e. The van der Waals surface area contributed by atoms with Gasteiger partial charge in [0.1, 0.15) is 0 Å². The molecule has 0 radical (unpaired) electrons. The molecule has 5 heteroatoms. The molecular weight excluding hydrogens is 308 g/mol. The molecule has 2 heterocycles. The van der Waals surface area contributed by atoms with Crippen molar-refractivity contribution in [3.05, 3.63) is 46.2 Å². The second kappa shape index (κ2) is 6.92. The summed E-state index contributed by atoms with van der Waals surface area (Å²) in [7, 11) is 1.40. The summed E-state index contributed by atoms with van der Waals surface area (Å²) in [5.74, 6) is -0.245. The Morgan fingerprint density at radius 1 is 1.45 bits per heavy atom. The lowest BCUT2D eigenvalue weighted by Gasteiger charge is -2.00. The van der Waals surface area contributed by atoms with Crippen molar-refractivity contribution in [3.63, 3.8) is 0 Å². The van der Waals surface area contributed by atoms with Gasteiger partial charge in [0.05, 0.1) is 18.4 Å². The molecule has 104 valence electrons. The first kappa shape index (κ1) is 15.1. The van der Waals surface area contributed by atoms with Gasteiger partial charge in [-0.2, -0.15) is 0 Å². The molecule has 0 N–H and O–H groups in total. The predicted octanol–water partition coefficient (Wildman–Crippen LogP) is 4.49. The van der Waals surface area contributed by atoms with Crippen LogP contribution in [0.4, 0.5) is 0 Å². The minimum Gasteiger partial charge on any atom is -0.469 e. The zero-order valence-electron chi connectivity index (χ0n) is 11.2. The van der Waals surface area contributed by atoms with Crippen molar-refractivity contribution >= 4 is 45.7 Å². The normalized spacial score (nSPS) is 10.9. The van der Waals surface area contributed by atoms with Crippen LogP contribution in [0.2, 0.25) is 0 Å².